The summed E-state index contributed by atoms with van der Waals surface area (Å²) in [5, 5.41) is 13.8. The molecule has 0 saturated heterocycles. The number of fused-ring (bicyclic) bond motifs is 4. The second-order valence-electron chi connectivity index (χ2n) is 18.8. The van der Waals surface area contributed by atoms with Crippen LogP contribution in [0, 0.1) is 6.07 Å². The molecule has 330 valence electrons. The standard InChI is InChI=1S/C61H49N4O.Pt/c1-60(2,3)44-32-33-54(50(37-44)40-20-9-6-10-21-40)65-55-30-19-28-47(58(55)63-59(65)49-27-16-18-31-57(49)66)41-34-42(36-45(35-41)61(4,5)43-22-11-7-12-23-43)52-38-51-48-26-15-17-29-53(48)64(56(51)39-62-52)46-24-13-8-14-25-46;/h6-33,35-39,66H,1-5H3;/q-1;. The van der Waals surface area contributed by atoms with E-state index in [0.717, 1.165) is 77.9 Å². The molecule has 0 aliphatic rings. The average molecular weight is 1050 g/mol. The molecule has 0 spiro atoms. The first kappa shape index (κ1) is 43.6. The summed E-state index contributed by atoms with van der Waals surface area (Å²) in [6.45, 7) is 11.3. The number of aromatic hydroxyl groups is 1. The zero-order valence-electron chi connectivity index (χ0n) is 38.1. The molecule has 5 nitrogen and oxygen atoms in total. The third-order valence-corrected chi connectivity index (χ3v) is 13.2. The number of rotatable bonds is 8. The summed E-state index contributed by atoms with van der Waals surface area (Å²) in [5.74, 6) is 0.817. The van der Waals surface area contributed by atoms with Gasteiger partial charge in [0.15, 0.2) is 0 Å². The predicted molar refractivity (Wildman–Crippen MR) is 273 cm³/mol. The van der Waals surface area contributed by atoms with Crippen LogP contribution in [0.25, 0.3) is 89.1 Å². The van der Waals surface area contributed by atoms with Gasteiger partial charge in [-0.15, -0.1) is 29.3 Å². The van der Waals surface area contributed by atoms with E-state index in [0.29, 0.717) is 11.4 Å². The Kier molecular flexibility index (Phi) is 11.1. The van der Waals surface area contributed by atoms with Gasteiger partial charge in [0.1, 0.15) is 11.6 Å². The van der Waals surface area contributed by atoms with Crippen LogP contribution in [0.3, 0.4) is 0 Å². The van der Waals surface area contributed by atoms with Crippen molar-refractivity contribution >= 4 is 32.8 Å². The van der Waals surface area contributed by atoms with E-state index < -0.39 is 0 Å². The second kappa shape index (κ2) is 17.1. The zero-order chi connectivity index (χ0) is 45.2. The predicted octanol–water partition coefficient (Wildman–Crippen LogP) is 15.3. The van der Waals surface area contributed by atoms with E-state index >= 15 is 0 Å². The van der Waals surface area contributed by atoms with Crippen LogP contribution in [-0.4, -0.2) is 24.2 Å². The van der Waals surface area contributed by atoms with Gasteiger partial charge < -0.3 is 9.67 Å². The van der Waals surface area contributed by atoms with Crippen LogP contribution in [0.1, 0.15) is 51.3 Å². The van der Waals surface area contributed by atoms with E-state index in [1.165, 1.54) is 16.5 Å². The van der Waals surface area contributed by atoms with Gasteiger partial charge >= 0.3 is 0 Å². The van der Waals surface area contributed by atoms with E-state index in [4.69, 9.17) is 9.97 Å². The molecule has 3 aromatic heterocycles. The number of hydrogen-bond acceptors (Lipinski definition) is 3. The molecule has 0 unspecified atom stereocenters. The van der Waals surface area contributed by atoms with Crippen molar-refractivity contribution in [3.8, 4) is 62.0 Å². The molecule has 0 aliphatic carbocycles. The van der Waals surface area contributed by atoms with Crippen LogP contribution in [0.2, 0.25) is 0 Å². The smallest absolute Gasteiger partial charge is 0.148 e. The quantitative estimate of drug-likeness (QED) is 0.154. The summed E-state index contributed by atoms with van der Waals surface area (Å²) >= 11 is 0. The van der Waals surface area contributed by atoms with Gasteiger partial charge in [-0.25, -0.2) is 4.98 Å². The molecule has 1 N–H and O–H groups in total. The maximum absolute atomic E-state index is 11.5. The Morgan fingerprint density at radius 1 is 0.493 bits per heavy atom. The van der Waals surface area contributed by atoms with Crippen LogP contribution in [-0.2, 0) is 31.9 Å². The van der Waals surface area contributed by atoms with Crippen LogP contribution in [0.4, 0.5) is 0 Å². The molecular formula is C61H49N4OPt-. The first-order valence-corrected chi connectivity index (χ1v) is 22.6. The molecule has 0 atom stereocenters. The number of aromatic nitrogens is 4. The Morgan fingerprint density at radius 3 is 1.88 bits per heavy atom. The van der Waals surface area contributed by atoms with Gasteiger partial charge in [0.2, 0.25) is 0 Å². The van der Waals surface area contributed by atoms with Crippen LogP contribution >= 0.6 is 0 Å². The minimum absolute atomic E-state index is 0. The van der Waals surface area contributed by atoms with Crippen molar-refractivity contribution in [2.75, 3.05) is 0 Å². The molecule has 3 heterocycles. The van der Waals surface area contributed by atoms with Crippen molar-refractivity contribution < 1.29 is 26.2 Å². The van der Waals surface area contributed by atoms with E-state index in [1.54, 1.807) is 6.07 Å². The number of pyridine rings is 1. The first-order valence-electron chi connectivity index (χ1n) is 22.6. The monoisotopic (exact) mass is 1050 g/mol. The van der Waals surface area contributed by atoms with Crippen LogP contribution < -0.4 is 0 Å². The van der Waals surface area contributed by atoms with Gasteiger partial charge in [-0.1, -0.05) is 179 Å². The molecule has 0 bridgehead atoms. The summed E-state index contributed by atoms with van der Waals surface area (Å²) in [6, 6.07) is 71.6. The molecule has 0 amide bonds. The fourth-order valence-electron chi connectivity index (χ4n) is 9.56. The van der Waals surface area contributed by atoms with Crippen molar-refractivity contribution in [1.82, 2.24) is 19.1 Å². The first-order chi connectivity index (χ1) is 32.0. The minimum Gasteiger partial charge on any atom is -0.507 e. The van der Waals surface area contributed by atoms with E-state index in [-0.39, 0.29) is 37.6 Å². The summed E-state index contributed by atoms with van der Waals surface area (Å²) in [7, 11) is 0. The third kappa shape index (κ3) is 7.68. The number of hydrogen-bond donors (Lipinski definition) is 1. The molecule has 0 fully saturated rings. The fraction of sp³-hybridized carbons (Fsp3) is 0.115. The van der Waals surface area contributed by atoms with Crippen molar-refractivity contribution in [1.29, 1.82) is 0 Å². The summed E-state index contributed by atoms with van der Waals surface area (Å²) in [4.78, 5) is 10.7. The molecule has 6 heteroatoms. The fourth-order valence-corrected chi connectivity index (χ4v) is 9.56. The molecule has 8 aromatic carbocycles. The van der Waals surface area contributed by atoms with Crippen LogP contribution in [0.15, 0.2) is 200 Å². The van der Waals surface area contributed by atoms with Crippen molar-refractivity contribution in [3.63, 3.8) is 0 Å². The topological polar surface area (TPSA) is 55.9 Å². The minimum atomic E-state index is -0.374. The second-order valence-corrected chi connectivity index (χ2v) is 18.8. The van der Waals surface area contributed by atoms with Gasteiger partial charge in [-0.2, -0.15) is 0 Å². The van der Waals surface area contributed by atoms with Gasteiger partial charge in [0.05, 0.1) is 33.3 Å². The molecule has 67 heavy (non-hydrogen) atoms. The molecular weight excluding hydrogens is 1000 g/mol. The van der Waals surface area contributed by atoms with Crippen molar-refractivity contribution in [3.05, 3.63) is 223 Å². The maximum atomic E-state index is 11.5. The molecule has 0 saturated carbocycles. The van der Waals surface area contributed by atoms with E-state index in [9.17, 15) is 5.11 Å². The number of phenolic OH excluding ortho intramolecular Hbond substituents is 1. The van der Waals surface area contributed by atoms with E-state index in [2.05, 4.69) is 220 Å². The molecule has 11 aromatic rings. The largest absolute Gasteiger partial charge is 0.507 e. The van der Waals surface area contributed by atoms with Gasteiger partial charge in [0.25, 0.3) is 0 Å². The Morgan fingerprint density at radius 2 is 1.13 bits per heavy atom. The zero-order valence-corrected chi connectivity index (χ0v) is 40.4. The summed E-state index contributed by atoms with van der Waals surface area (Å²) in [6.07, 6.45) is 2.01. The number of benzene rings is 8. The third-order valence-electron chi connectivity index (χ3n) is 13.2. The molecule has 0 aliphatic heterocycles. The Bertz CT molecular complexity index is 3600. The number of imidazole rings is 1. The number of phenols is 1. The molecule has 11 rings (SSSR count). The Hall–Kier alpha value is -7.33. The maximum Gasteiger partial charge on any atom is 0.148 e. The number of nitrogens with zero attached hydrogens (tertiary/aromatic N) is 4. The van der Waals surface area contributed by atoms with Gasteiger partial charge in [-0.05, 0) is 70.6 Å². The van der Waals surface area contributed by atoms with Gasteiger partial charge in [0, 0.05) is 60.4 Å². The van der Waals surface area contributed by atoms with Gasteiger partial charge in [-0.3, -0.25) is 9.55 Å². The summed E-state index contributed by atoms with van der Waals surface area (Å²) in [5.41, 5.74) is 15.5. The SMILES string of the molecule is CC(C)(C)c1ccc(-n2c(-c3ccccc3O)nc3c(-c4[c-]c(-c5cc6c7ccccc7n(-c7ccccc7)c6cn5)cc(C(C)(C)c5ccccc5)c4)cccc32)c(-c2ccccc2)c1.[Pt]. The van der Waals surface area contributed by atoms with Crippen LogP contribution in [0.5, 0.6) is 5.75 Å². The molecule has 0 radical (unpaired) electrons. The normalized spacial score (nSPS) is 11.9. The Labute approximate surface area is 406 Å². The van der Waals surface area contributed by atoms with Crippen molar-refractivity contribution in [2.24, 2.45) is 0 Å². The van der Waals surface area contributed by atoms with Crippen molar-refractivity contribution in [2.45, 2.75) is 45.4 Å². The summed E-state index contributed by atoms with van der Waals surface area (Å²) < 4.78 is 4.52. The average Bonchev–Trinajstić information content (AvgIpc) is 3.90. The van der Waals surface area contributed by atoms with E-state index in [1.807, 2.05) is 24.4 Å². The Balaban J connectivity index is 0.00000525. The number of para-hydroxylation sites is 4.